The van der Waals surface area contributed by atoms with Crippen LogP contribution in [0.2, 0.25) is 0 Å². The van der Waals surface area contributed by atoms with Crippen LogP contribution < -0.4 is 21.3 Å². The number of para-hydroxylation sites is 2. The van der Waals surface area contributed by atoms with E-state index in [9.17, 15) is 9.90 Å². The average Bonchev–Trinajstić information content (AvgIpc) is 3.37. The fourth-order valence-corrected chi connectivity index (χ4v) is 4.94. The summed E-state index contributed by atoms with van der Waals surface area (Å²) < 4.78 is 0. The standard InChI is InChI=1S/C30H40N6O2/c1-4-35-19-7-8-26(35)21-36(30(38)32-24-15-17-25(18-16-24)34(2)3)20-22-11-13-23(14-12-22)29(37)33-28-10-6-5-9-27(28)31/h5-6,9-18,26,30,32,38H,4,7-8,19-21,31H2,1-3H3,(H,33,37). The highest BCUT2D eigenvalue weighted by Gasteiger charge is 2.28. The molecule has 0 saturated carbocycles. The lowest BCUT2D eigenvalue weighted by Crippen LogP contribution is -2.47. The van der Waals surface area contributed by atoms with E-state index in [2.05, 4.69) is 27.4 Å². The number of nitrogens with zero attached hydrogens (tertiary/aromatic N) is 3. The largest absolute Gasteiger partial charge is 0.397 e. The Morgan fingerprint density at radius 1 is 1.08 bits per heavy atom. The fourth-order valence-electron chi connectivity index (χ4n) is 4.94. The van der Waals surface area contributed by atoms with Crippen molar-refractivity contribution in [2.45, 2.75) is 38.7 Å². The quantitative estimate of drug-likeness (QED) is 0.223. The molecule has 3 aromatic rings. The third-order valence-electron chi connectivity index (χ3n) is 7.19. The Bertz CT molecular complexity index is 1180. The number of hydrogen-bond acceptors (Lipinski definition) is 7. The molecule has 1 aliphatic heterocycles. The second-order valence-corrected chi connectivity index (χ2v) is 10.1. The van der Waals surface area contributed by atoms with E-state index in [1.807, 2.05) is 79.7 Å². The number of nitrogens with two attached hydrogens (primary N) is 1. The van der Waals surface area contributed by atoms with Crippen molar-refractivity contribution in [2.75, 3.05) is 55.0 Å². The Labute approximate surface area is 226 Å². The second kappa shape index (κ2) is 12.8. The first-order valence-corrected chi connectivity index (χ1v) is 13.3. The molecular weight excluding hydrogens is 476 g/mol. The number of benzene rings is 3. The predicted molar refractivity (Wildman–Crippen MR) is 156 cm³/mol. The molecule has 1 fully saturated rings. The summed E-state index contributed by atoms with van der Waals surface area (Å²) in [5, 5.41) is 17.4. The van der Waals surface area contributed by atoms with Gasteiger partial charge in [-0.25, -0.2) is 0 Å². The minimum atomic E-state index is -0.858. The smallest absolute Gasteiger partial charge is 0.255 e. The normalized spacial score (nSPS) is 16.4. The number of likely N-dealkylation sites (N-methyl/N-ethyl adjacent to an activating group) is 1. The molecule has 202 valence electrons. The maximum Gasteiger partial charge on any atom is 0.255 e. The monoisotopic (exact) mass is 516 g/mol. The van der Waals surface area contributed by atoms with Gasteiger partial charge in [0.05, 0.1) is 11.4 Å². The molecule has 4 rings (SSSR count). The molecule has 1 aliphatic rings. The Balaban J connectivity index is 1.46. The predicted octanol–water partition coefficient (Wildman–Crippen LogP) is 4.26. The summed E-state index contributed by atoms with van der Waals surface area (Å²) in [4.78, 5) is 19.3. The Hall–Kier alpha value is -3.59. The van der Waals surface area contributed by atoms with Gasteiger partial charge < -0.3 is 26.4 Å². The molecule has 0 bridgehead atoms. The molecule has 1 heterocycles. The molecule has 1 amide bonds. The number of carbonyl (C=O) groups excluding carboxylic acids is 1. The van der Waals surface area contributed by atoms with Crippen LogP contribution in [0.25, 0.3) is 0 Å². The van der Waals surface area contributed by atoms with Crippen LogP contribution in [0.1, 0.15) is 35.7 Å². The summed E-state index contributed by atoms with van der Waals surface area (Å²) in [7, 11) is 4.01. The van der Waals surface area contributed by atoms with Gasteiger partial charge in [-0.05, 0) is 80.0 Å². The van der Waals surface area contributed by atoms with Gasteiger partial charge in [0.2, 0.25) is 0 Å². The third kappa shape index (κ3) is 7.04. The average molecular weight is 517 g/mol. The van der Waals surface area contributed by atoms with Crippen LogP contribution in [-0.4, -0.2) is 66.9 Å². The molecular formula is C30H40N6O2. The Morgan fingerprint density at radius 3 is 2.45 bits per heavy atom. The number of aliphatic hydroxyl groups is 1. The Kier molecular flexibility index (Phi) is 9.23. The number of hydrogen-bond donors (Lipinski definition) is 4. The number of anilines is 4. The molecule has 8 nitrogen and oxygen atoms in total. The lowest BCUT2D eigenvalue weighted by Gasteiger charge is -2.34. The number of amides is 1. The molecule has 0 spiro atoms. The number of carbonyl (C=O) groups is 1. The minimum absolute atomic E-state index is 0.210. The highest BCUT2D eigenvalue weighted by Crippen LogP contribution is 2.22. The molecule has 1 saturated heterocycles. The van der Waals surface area contributed by atoms with Gasteiger partial charge in [-0.15, -0.1) is 0 Å². The topological polar surface area (TPSA) is 97.1 Å². The van der Waals surface area contributed by atoms with E-state index in [0.29, 0.717) is 29.5 Å². The van der Waals surface area contributed by atoms with Crippen molar-refractivity contribution in [3.05, 3.63) is 83.9 Å². The van der Waals surface area contributed by atoms with Gasteiger partial charge in [0.25, 0.3) is 5.91 Å². The van der Waals surface area contributed by atoms with Crippen LogP contribution in [0.3, 0.4) is 0 Å². The molecule has 38 heavy (non-hydrogen) atoms. The van der Waals surface area contributed by atoms with E-state index in [-0.39, 0.29) is 5.91 Å². The van der Waals surface area contributed by atoms with E-state index in [1.54, 1.807) is 12.1 Å². The van der Waals surface area contributed by atoms with E-state index < -0.39 is 6.35 Å². The van der Waals surface area contributed by atoms with Gasteiger partial charge in [0.15, 0.2) is 6.35 Å². The van der Waals surface area contributed by atoms with Crippen molar-refractivity contribution in [2.24, 2.45) is 0 Å². The lowest BCUT2D eigenvalue weighted by atomic mass is 10.1. The maximum atomic E-state index is 12.7. The minimum Gasteiger partial charge on any atom is -0.397 e. The zero-order valence-corrected chi connectivity index (χ0v) is 22.6. The van der Waals surface area contributed by atoms with Crippen LogP contribution in [0.4, 0.5) is 22.7 Å². The summed E-state index contributed by atoms with van der Waals surface area (Å²) in [5.74, 6) is -0.210. The van der Waals surface area contributed by atoms with E-state index in [0.717, 1.165) is 43.0 Å². The van der Waals surface area contributed by atoms with Crippen molar-refractivity contribution < 1.29 is 9.90 Å². The van der Waals surface area contributed by atoms with Gasteiger partial charge in [-0.2, -0.15) is 0 Å². The Morgan fingerprint density at radius 2 is 1.79 bits per heavy atom. The molecule has 2 unspecified atom stereocenters. The van der Waals surface area contributed by atoms with Crippen LogP contribution in [0.15, 0.2) is 72.8 Å². The number of nitrogen functional groups attached to an aromatic ring is 1. The summed E-state index contributed by atoms with van der Waals surface area (Å²) in [6.45, 7) is 5.58. The first kappa shape index (κ1) is 27.4. The SMILES string of the molecule is CCN1CCCC1CN(Cc1ccc(C(=O)Nc2ccccc2N)cc1)C(O)Nc1ccc(N(C)C)cc1. The van der Waals surface area contributed by atoms with Crippen LogP contribution >= 0.6 is 0 Å². The van der Waals surface area contributed by atoms with Gasteiger partial charge in [0, 0.05) is 50.2 Å². The number of rotatable bonds is 11. The molecule has 0 radical (unpaired) electrons. The van der Waals surface area contributed by atoms with Crippen molar-refractivity contribution in [3.63, 3.8) is 0 Å². The van der Waals surface area contributed by atoms with Gasteiger partial charge in [-0.3, -0.25) is 14.6 Å². The molecule has 0 aliphatic carbocycles. The van der Waals surface area contributed by atoms with Crippen molar-refractivity contribution in [3.8, 4) is 0 Å². The van der Waals surface area contributed by atoms with Crippen LogP contribution in [0, 0.1) is 0 Å². The van der Waals surface area contributed by atoms with E-state index in [1.165, 1.54) is 6.42 Å². The number of nitrogens with one attached hydrogen (secondary N) is 2. The van der Waals surface area contributed by atoms with Gasteiger partial charge in [0.1, 0.15) is 0 Å². The van der Waals surface area contributed by atoms with Crippen molar-refractivity contribution in [1.29, 1.82) is 0 Å². The summed E-state index contributed by atoms with van der Waals surface area (Å²) in [6.07, 6.45) is 1.44. The lowest BCUT2D eigenvalue weighted by molar-refractivity contribution is 0.00474. The van der Waals surface area contributed by atoms with Gasteiger partial charge in [-0.1, -0.05) is 31.2 Å². The van der Waals surface area contributed by atoms with E-state index in [4.69, 9.17) is 5.73 Å². The van der Waals surface area contributed by atoms with Crippen LogP contribution in [0.5, 0.6) is 0 Å². The van der Waals surface area contributed by atoms with Crippen molar-refractivity contribution >= 4 is 28.7 Å². The first-order valence-electron chi connectivity index (χ1n) is 13.3. The molecule has 8 heteroatoms. The molecule has 0 aromatic heterocycles. The fraction of sp³-hybridized carbons (Fsp3) is 0.367. The summed E-state index contributed by atoms with van der Waals surface area (Å²) in [6, 6.07) is 23.2. The van der Waals surface area contributed by atoms with Crippen molar-refractivity contribution in [1.82, 2.24) is 9.80 Å². The zero-order chi connectivity index (χ0) is 27.1. The molecule has 5 N–H and O–H groups in total. The highest BCUT2D eigenvalue weighted by atomic mass is 16.3. The molecule has 3 aromatic carbocycles. The zero-order valence-electron chi connectivity index (χ0n) is 22.6. The number of aliphatic hydroxyl groups excluding tert-OH is 1. The third-order valence-corrected chi connectivity index (χ3v) is 7.19. The summed E-state index contributed by atoms with van der Waals surface area (Å²) >= 11 is 0. The first-order chi connectivity index (χ1) is 18.3. The second-order valence-electron chi connectivity index (χ2n) is 10.1. The van der Waals surface area contributed by atoms with Gasteiger partial charge >= 0.3 is 0 Å². The van der Waals surface area contributed by atoms with E-state index >= 15 is 0 Å². The molecule has 2 atom stereocenters. The van der Waals surface area contributed by atoms with Crippen LogP contribution in [-0.2, 0) is 6.54 Å². The highest BCUT2D eigenvalue weighted by molar-refractivity contribution is 6.05. The number of likely N-dealkylation sites (tertiary alicyclic amines) is 1. The maximum absolute atomic E-state index is 12.7. The summed E-state index contributed by atoms with van der Waals surface area (Å²) in [5.41, 5.74) is 10.6.